The van der Waals surface area contributed by atoms with Gasteiger partial charge in [-0.15, -0.1) is 11.3 Å². The number of thiophene rings is 1. The molecule has 0 saturated carbocycles. The molecule has 2 aromatic heterocycles. The maximum atomic E-state index is 12.9. The highest BCUT2D eigenvalue weighted by molar-refractivity contribution is 7.18. The molecule has 0 bridgehead atoms. The van der Waals surface area contributed by atoms with Crippen LogP contribution in [0.1, 0.15) is 22.9 Å². The second-order valence-corrected chi connectivity index (χ2v) is 7.31. The fourth-order valence-electron chi connectivity index (χ4n) is 3.39. The Morgan fingerprint density at radius 3 is 2.88 bits per heavy atom. The predicted octanol–water partition coefficient (Wildman–Crippen LogP) is 2.53. The Balaban J connectivity index is 1.96. The zero-order chi connectivity index (χ0) is 16.8. The van der Waals surface area contributed by atoms with Crippen LogP contribution in [0.4, 0.5) is 0 Å². The molecule has 2 N–H and O–H groups in total. The molecule has 0 fully saturated rings. The summed E-state index contributed by atoms with van der Waals surface area (Å²) in [6.45, 7) is 7.08. The van der Waals surface area contributed by atoms with Crippen molar-refractivity contribution in [2.75, 3.05) is 18.9 Å². The molecular weight excluding hydrogens is 320 g/mol. The lowest BCUT2D eigenvalue weighted by atomic mass is 10.0. The summed E-state index contributed by atoms with van der Waals surface area (Å²) in [5.74, 6) is 6.67. The Kier molecular flexibility index (Phi) is 3.66. The van der Waals surface area contributed by atoms with Crippen LogP contribution in [0.5, 0.6) is 0 Å². The molecule has 0 saturated heterocycles. The molecule has 0 amide bonds. The van der Waals surface area contributed by atoms with E-state index in [4.69, 9.17) is 10.8 Å². The first-order chi connectivity index (χ1) is 11.6. The van der Waals surface area contributed by atoms with Crippen molar-refractivity contribution in [2.24, 2.45) is 0 Å². The van der Waals surface area contributed by atoms with Gasteiger partial charge >= 0.3 is 0 Å². The van der Waals surface area contributed by atoms with Crippen LogP contribution in [0.15, 0.2) is 29.1 Å². The molecule has 1 aliphatic rings. The largest absolute Gasteiger partial charge is 0.334 e. The molecule has 0 unspecified atom stereocenters. The molecule has 124 valence electrons. The summed E-state index contributed by atoms with van der Waals surface area (Å²) < 4.78 is 1.21. The molecule has 5 nitrogen and oxygen atoms in total. The van der Waals surface area contributed by atoms with Gasteiger partial charge in [0.15, 0.2) is 5.82 Å². The van der Waals surface area contributed by atoms with Crippen LogP contribution in [-0.2, 0) is 13.0 Å². The molecule has 0 atom stereocenters. The average Bonchev–Trinajstić information content (AvgIpc) is 2.96. The first-order valence-corrected chi connectivity index (χ1v) is 9.02. The summed E-state index contributed by atoms with van der Waals surface area (Å²) >= 11 is 1.63. The van der Waals surface area contributed by atoms with E-state index in [1.807, 2.05) is 31.2 Å². The Bertz CT molecular complexity index is 989. The summed E-state index contributed by atoms with van der Waals surface area (Å²) in [6, 6.07) is 7.87. The van der Waals surface area contributed by atoms with Crippen molar-refractivity contribution in [3.05, 3.63) is 50.6 Å². The summed E-state index contributed by atoms with van der Waals surface area (Å²) in [4.78, 5) is 22.1. The van der Waals surface area contributed by atoms with Gasteiger partial charge in [-0.05, 0) is 31.0 Å². The van der Waals surface area contributed by atoms with Crippen molar-refractivity contribution in [1.29, 1.82) is 0 Å². The Hall–Kier alpha value is -2.18. The first-order valence-electron chi connectivity index (χ1n) is 8.21. The number of nitrogen functional groups attached to an aromatic ring is 1. The average molecular weight is 340 g/mol. The van der Waals surface area contributed by atoms with Gasteiger partial charge in [0.1, 0.15) is 4.83 Å². The van der Waals surface area contributed by atoms with Crippen molar-refractivity contribution in [3.63, 3.8) is 0 Å². The number of nitrogens with two attached hydrogens (primary N) is 1. The van der Waals surface area contributed by atoms with Crippen molar-refractivity contribution in [2.45, 2.75) is 26.8 Å². The van der Waals surface area contributed by atoms with Gasteiger partial charge in [-0.25, -0.2) is 9.66 Å². The lowest BCUT2D eigenvalue weighted by Gasteiger charge is -2.24. The number of benzene rings is 1. The summed E-state index contributed by atoms with van der Waals surface area (Å²) in [5, 5.41) is 0.714. The van der Waals surface area contributed by atoms with Gasteiger partial charge < -0.3 is 5.84 Å². The number of hydrogen-bond donors (Lipinski definition) is 1. The third-order valence-corrected chi connectivity index (χ3v) is 5.93. The molecule has 1 aromatic carbocycles. The van der Waals surface area contributed by atoms with Crippen LogP contribution in [0.25, 0.3) is 21.6 Å². The van der Waals surface area contributed by atoms with Gasteiger partial charge in [0.2, 0.25) is 0 Å². The maximum absolute atomic E-state index is 12.9. The van der Waals surface area contributed by atoms with E-state index in [1.165, 1.54) is 9.55 Å². The number of fused-ring (bicyclic) bond motifs is 3. The van der Waals surface area contributed by atoms with Crippen LogP contribution in [-0.4, -0.2) is 27.6 Å². The third kappa shape index (κ3) is 2.25. The van der Waals surface area contributed by atoms with Crippen molar-refractivity contribution < 1.29 is 0 Å². The van der Waals surface area contributed by atoms with E-state index in [-0.39, 0.29) is 5.56 Å². The zero-order valence-electron chi connectivity index (χ0n) is 13.9. The van der Waals surface area contributed by atoms with Gasteiger partial charge in [0.25, 0.3) is 5.56 Å². The van der Waals surface area contributed by atoms with E-state index in [2.05, 4.69) is 11.8 Å². The zero-order valence-corrected chi connectivity index (χ0v) is 14.7. The van der Waals surface area contributed by atoms with E-state index >= 15 is 0 Å². The molecule has 24 heavy (non-hydrogen) atoms. The van der Waals surface area contributed by atoms with E-state index < -0.39 is 0 Å². The summed E-state index contributed by atoms with van der Waals surface area (Å²) in [5.41, 5.74) is 2.97. The maximum Gasteiger partial charge on any atom is 0.281 e. The monoisotopic (exact) mass is 340 g/mol. The van der Waals surface area contributed by atoms with Crippen molar-refractivity contribution >= 4 is 21.6 Å². The van der Waals surface area contributed by atoms with Gasteiger partial charge in [-0.3, -0.25) is 9.69 Å². The fraction of sp³-hybridized carbons (Fsp3) is 0.333. The highest BCUT2D eigenvalue weighted by atomic mass is 32.1. The molecule has 0 aliphatic carbocycles. The molecule has 0 radical (unpaired) electrons. The Labute approximate surface area is 144 Å². The standard InChI is InChI=1S/C18H20N4OS/c1-3-21-9-8-13-14(10-21)24-17-15(13)18(23)22(19)16(20-17)12-7-5-4-6-11(12)2/h4-7H,3,8-10,19H2,1-2H3. The number of likely N-dealkylation sites (N-methyl/N-ethyl adjacent to an activating group) is 1. The second-order valence-electron chi connectivity index (χ2n) is 6.23. The van der Waals surface area contributed by atoms with Gasteiger partial charge in [-0.2, -0.15) is 0 Å². The Morgan fingerprint density at radius 1 is 1.33 bits per heavy atom. The van der Waals surface area contributed by atoms with Crippen molar-refractivity contribution in [3.8, 4) is 11.4 Å². The molecule has 6 heteroatoms. The van der Waals surface area contributed by atoms with Crippen LogP contribution < -0.4 is 11.4 Å². The summed E-state index contributed by atoms with van der Waals surface area (Å²) in [6.07, 6.45) is 0.893. The van der Waals surface area contributed by atoms with Gasteiger partial charge in [0.05, 0.1) is 5.39 Å². The predicted molar refractivity (Wildman–Crippen MR) is 98.9 cm³/mol. The van der Waals surface area contributed by atoms with Crippen LogP contribution in [0, 0.1) is 6.92 Å². The number of nitrogens with zero attached hydrogens (tertiary/aromatic N) is 3. The summed E-state index contributed by atoms with van der Waals surface area (Å²) in [7, 11) is 0. The van der Waals surface area contributed by atoms with Gasteiger partial charge in [-0.1, -0.05) is 31.2 Å². The van der Waals surface area contributed by atoms with E-state index in [0.717, 1.165) is 47.6 Å². The number of aryl methyl sites for hydroxylation is 1. The SMILES string of the molecule is CCN1CCc2c(sc3nc(-c4ccccc4C)n(N)c(=O)c23)C1. The normalized spacial score (nSPS) is 14.9. The minimum atomic E-state index is -0.138. The first kappa shape index (κ1) is 15.4. The topological polar surface area (TPSA) is 64.2 Å². The van der Waals surface area contributed by atoms with Crippen LogP contribution >= 0.6 is 11.3 Å². The highest BCUT2D eigenvalue weighted by Gasteiger charge is 2.24. The number of aromatic nitrogens is 2. The molecule has 3 aromatic rings. The van der Waals surface area contributed by atoms with E-state index in [1.54, 1.807) is 11.3 Å². The second kappa shape index (κ2) is 5.72. The molecule has 1 aliphatic heterocycles. The van der Waals surface area contributed by atoms with Crippen molar-refractivity contribution in [1.82, 2.24) is 14.6 Å². The van der Waals surface area contributed by atoms with Crippen LogP contribution in [0.3, 0.4) is 0 Å². The smallest absolute Gasteiger partial charge is 0.281 e. The van der Waals surface area contributed by atoms with Crippen LogP contribution in [0.2, 0.25) is 0 Å². The number of rotatable bonds is 2. The lowest BCUT2D eigenvalue weighted by molar-refractivity contribution is 0.272. The minimum absolute atomic E-state index is 0.138. The minimum Gasteiger partial charge on any atom is -0.334 e. The number of hydrogen-bond acceptors (Lipinski definition) is 5. The highest BCUT2D eigenvalue weighted by Crippen LogP contribution is 2.33. The molecular formula is C18H20N4OS. The fourth-order valence-corrected chi connectivity index (χ4v) is 4.64. The molecule has 4 rings (SSSR count). The van der Waals surface area contributed by atoms with Gasteiger partial charge in [0, 0.05) is 23.5 Å². The van der Waals surface area contributed by atoms with E-state index in [9.17, 15) is 4.79 Å². The van der Waals surface area contributed by atoms with E-state index in [0.29, 0.717) is 11.2 Å². The molecule has 0 spiro atoms. The lowest BCUT2D eigenvalue weighted by Crippen LogP contribution is -2.32. The third-order valence-electron chi connectivity index (χ3n) is 4.82. The quantitative estimate of drug-likeness (QED) is 0.728. The molecule has 3 heterocycles. The Morgan fingerprint density at radius 2 is 2.12 bits per heavy atom.